The van der Waals surface area contributed by atoms with Crippen molar-refractivity contribution in [2.45, 2.75) is 44.8 Å². The molecule has 0 radical (unpaired) electrons. The second-order valence-electron chi connectivity index (χ2n) is 4.90. The van der Waals surface area contributed by atoms with Crippen LogP contribution in [0.25, 0.3) is 0 Å². The van der Waals surface area contributed by atoms with Crippen molar-refractivity contribution in [3.63, 3.8) is 0 Å². The summed E-state index contributed by atoms with van der Waals surface area (Å²) < 4.78 is 5.16. The summed E-state index contributed by atoms with van der Waals surface area (Å²) in [6, 6.07) is 0.190. The SMILES string of the molecule is CC(=O)CN1C=CC(=O)CC1CCC[C@H]1CO1. The molecule has 0 saturated carbocycles. The minimum atomic E-state index is 0.138. The van der Waals surface area contributed by atoms with Crippen LogP contribution >= 0.6 is 0 Å². The largest absolute Gasteiger partial charge is 0.373 e. The quantitative estimate of drug-likeness (QED) is 0.653. The number of epoxide rings is 1. The molecule has 1 saturated heterocycles. The monoisotopic (exact) mass is 237 g/mol. The fraction of sp³-hybridized carbons (Fsp3) is 0.692. The molecule has 0 aliphatic carbocycles. The molecule has 1 fully saturated rings. The van der Waals surface area contributed by atoms with Crippen LogP contribution < -0.4 is 0 Å². The molecule has 4 heteroatoms. The lowest BCUT2D eigenvalue weighted by molar-refractivity contribution is -0.120. The Hall–Kier alpha value is -1.16. The average molecular weight is 237 g/mol. The maximum atomic E-state index is 11.4. The number of carbonyl (C=O) groups is 2. The first-order valence-corrected chi connectivity index (χ1v) is 6.23. The Morgan fingerprint density at radius 2 is 2.29 bits per heavy atom. The fourth-order valence-electron chi connectivity index (χ4n) is 2.24. The zero-order valence-electron chi connectivity index (χ0n) is 10.2. The minimum absolute atomic E-state index is 0.138. The van der Waals surface area contributed by atoms with E-state index in [1.807, 2.05) is 4.90 Å². The molecular weight excluding hydrogens is 218 g/mol. The van der Waals surface area contributed by atoms with E-state index in [4.69, 9.17) is 4.74 Å². The van der Waals surface area contributed by atoms with Crippen molar-refractivity contribution in [3.05, 3.63) is 12.3 Å². The third-order valence-electron chi connectivity index (χ3n) is 3.23. The summed E-state index contributed by atoms with van der Waals surface area (Å²) >= 11 is 0. The molecule has 2 atom stereocenters. The van der Waals surface area contributed by atoms with Crippen molar-refractivity contribution >= 4 is 11.6 Å². The van der Waals surface area contributed by atoms with Gasteiger partial charge in [-0.3, -0.25) is 9.59 Å². The highest BCUT2D eigenvalue weighted by Crippen LogP contribution is 2.22. The van der Waals surface area contributed by atoms with Crippen LogP contribution in [-0.2, 0) is 14.3 Å². The van der Waals surface area contributed by atoms with Crippen molar-refractivity contribution < 1.29 is 14.3 Å². The van der Waals surface area contributed by atoms with Gasteiger partial charge in [-0.15, -0.1) is 0 Å². The van der Waals surface area contributed by atoms with E-state index in [-0.39, 0.29) is 17.6 Å². The second-order valence-corrected chi connectivity index (χ2v) is 4.90. The number of carbonyl (C=O) groups excluding carboxylic acids is 2. The summed E-state index contributed by atoms with van der Waals surface area (Å²) in [6.45, 7) is 2.88. The van der Waals surface area contributed by atoms with Gasteiger partial charge in [-0.1, -0.05) is 0 Å². The first-order chi connectivity index (χ1) is 8.15. The Balaban J connectivity index is 1.83. The summed E-state index contributed by atoms with van der Waals surface area (Å²) in [7, 11) is 0. The topological polar surface area (TPSA) is 49.9 Å². The van der Waals surface area contributed by atoms with E-state index < -0.39 is 0 Å². The van der Waals surface area contributed by atoms with E-state index in [0.29, 0.717) is 19.1 Å². The third kappa shape index (κ3) is 3.97. The highest BCUT2D eigenvalue weighted by molar-refractivity contribution is 5.91. The predicted octanol–water partition coefficient (Wildman–Crippen LogP) is 1.30. The average Bonchev–Trinajstić information content (AvgIpc) is 3.05. The molecule has 0 N–H and O–H groups in total. The highest BCUT2D eigenvalue weighted by Gasteiger charge is 2.25. The first-order valence-electron chi connectivity index (χ1n) is 6.23. The molecular formula is C13H19NO3. The molecule has 0 aromatic carbocycles. The van der Waals surface area contributed by atoms with Gasteiger partial charge in [0.15, 0.2) is 5.78 Å². The molecule has 0 aromatic heterocycles. The van der Waals surface area contributed by atoms with E-state index in [2.05, 4.69) is 0 Å². The van der Waals surface area contributed by atoms with Crippen molar-refractivity contribution in [3.8, 4) is 0 Å². The van der Waals surface area contributed by atoms with Gasteiger partial charge in [0.1, 0.15) is 5.78 Å². The van der Waals surface area contributed by atoms with Crippen LogP contribution in [0.5, 0.6) is 0 Å². The number of rotatable bonds is 6. The van der Waals surface area contributed by atoms with Gasteiger partial charge in [0.05, 0.1) is 19.3 Å². The lowest BCUT2D eigenvalue weighted by atomic mass is 9.99. The summed E-state index contributed by atoms with van der Waals surface area (Å²) in [6.07, 6.45) is 7.42. The molecule has 0 spiro atoms. The summed E-state index contributed by atoms with van der Waals surface area (Å²) in [5.74, 6) is 0.303. The van der Waals surface area contributed by atoms with Gasteiger partial charge in [-0.05, 0) is 32.3 Å². The minimum Gasteiger partial charge on any atom is -0.373 e. The van der Waals surface area contributed by atoms with E-state index in [1.165, 1.54) is 0 Å². The second kappa shape index (κ2) is 5.45. The molecule has 2 heterocycles. The van der Waals surface area contributed by atoms with Gasteiger partial charge >= 0.3 is 0 Å². The Morgan fingerprint density at radius 1 is 1.53 bits per heavy atom. The van der Waals surface area contributed by atoms with Crippen molar-refractivity contribution in [1.29, 1.82) is 0 Å². The number of nitrogens with zero attached hydrogens (tertiary/aromatic N) is 1. The molecule has 17 heavy (non-hydrogen) atoms. The van der Waals surface area contributed by atoms with E-state index in [1.54, 1.807) is 19.2 Å². The molecule has 0 aromatic rings. The lowest BCUT2D eigenvalue weighted by Crippen LogP contribution is -2.38. The zero-order chi connectivity index (χ0) is 12.3. The first kappa shape index (κ1) is 12.3. The molecule has 0 amide bonds. The van der Waals surface area contributed by atoms with Crippen LogP contribution in [0.1, 0.15) is 32.6 Å². The van der Waals surface area contributed by atoms with E-state index >= 15 is 0 Å². The summed E-state index contributed by atoms with van der Waals surface area (Å²) in [5, 5.41) is 0. The maximum Gasteiger partial charge on any atom is 0.159 e. The zero-order valence-corrected chi connectivity index (χ0v) is 10.2. The number of ketones is 2. The van der Waals surface area contributed by atoms with Crippen LogP contribution in [0.2, 0.25) is 0 Å². The molecule has 0 bridgehead atoms. The van der Waals surface area contributed by atoms with Crippen molar-refractivity contribution in [2.24, 2.45) is 0 Å². The number of ether oxygens (including phenoxy) is 1. The standard InChI is InChI=1S/C13H19NO3/c1-10(15)8-14-6-5-12(16)7-11(14)3-2-4-13-9-17-13/h5-6,11,13H,2-4,7-9H2,1H3/t11?,13-/m0/s1. The van der Waals surface area contributed by atoms with Crippen LogP contribution in [0.4, 0.5) is 0 Å². The highest BCUT2D eigenvalue weighted by atomic mass is 16.6. The number of allylic oxidation sites excluding steroid dienone is 1. The molecule has 2 aliphatic rings. The Labute approximate surface area is 102 Å². The van der Waals surface area contributed by atoms with Crippen molar-refractivity contribution in [2.75, 3.05) is 13.2 Å². The normalized spacial score (nSPS) is 27.4. The Bertz CT molecular complexity index is 334. The lowest BCUT2D eigenvalue weighted by Gasteiger charge is -2.32. The van der Waals surface area contributed by atoms with Crippen LogP contribution in [0.15, 0.2) is 12.3 Å². The van der Waals surface area contributed by atoms with E-state index in [0.717, 1.165) is 25.9 Å². The number of hydrogen-bond donors (Lipinski definition) is 0. The predicted molar refractivity (Wildman–Crippen MR) is 63.5 cm³/mol. The molecule has 2 rings (SSSR count). The fourth-order valence-corrected chi connectivity index (χ4v) is 2.24. The van der Waals surface area contributed by atoms with Crippen LogP contribution in [0, 0.1) is 0 Å². The summed E-state index contributed by atoms with van der Waals surface area (Å²) in [4.78, 5) is 24.5. The van der Waals surface area contributed by atoms with Gasteiger partial charge in [-0.25, -0.2) is 0 Å². The molecule has 2 aliphatic heterocycles. The summed E-state index contributed by atoms with van der Waals surface area (Å²) in [5.41, 5.74) is 0. The molecule has 4 nitrogen and oxygen atoms in total. The van der Waals surface area contributed by atoms with Gasteiger partial charge in [0.2, 0.25) is 0 Å². The Kier molecular flexibility index (Phi) is 3.94. The number of hydrogen-bond acceptors (Lipinski definition) is 4. The van der Waals surface area contributed by atoms with E-state index in [9.17, 15) is 9.59 Å². The smallest absolute Gasteiger partial charge is 0.159 e. The molecule has 94 valence electrons. The van der Waals surface area contributed by atoms with Gasteiger partial charge < -0.3 is 9.64 Å². The maximum absolute atomic E-state index is 11.4. The van der Waals surface area contributed by atoms with Gasteiger partial charge in [0, 0.05) is 18.7 Å². The van der Waals surface area contributed by atoms with Crippen LogP contribution in [-0.4, -0.2) is 41.8 Å². The Morgan fingerprint density at radius 3 is 2.94 bits per heavy atom. The van der Waals surface area contributed by atoms with Gasteiger partial charge in [-0.2, -0.15) is 0 Å². The molecule has 1 unspecified atom stereocenters. The van der Waals surface area contributed by atoms with Crippen molar-refractivity contribution in [1.82, 2.24) is 4.90 Å². The van der Waals surface area contributed by atoms with Gasteiger partial charge in [0.25, 0.3) is 0 Å². The third-order valence-corrected chi connectivity index (χ3v) is 3.23. The van der Waals surface area contributed by atoms with Crippen LogP contribution in [0.3, 0.4) is 0 Å². The number of Topliss-reactive ketones (excluding diaryl/α,β-unsaturated/α-hetero) is 1.